The van der Waals surface area contributed by atoms with Gasteiger partial charge in [-0.05, 0) is 36.4 Å². The molecule has 0 radical (unpaired) electrons. The van der Waals surface area contributed by atoms with Gasteiger partial charge in [-0.15, -0.1) is 0 Å². The average molecular weight is 295 g/mol. The van der Waals surface area contributed by atoms with Crippen LogP contribution < -0.4 is 5.32 Å². The van der Waals surface area contributed by atoms with Gasteiger partial charge in [0.25, 0.3) is 0 Å². The van der Waals surface area contributed by atoms with E-state index >= 15 is 0 Å². The highest BCUT2D eigenvalue weighted by Crippen LogP contribution is 2.23. The van der Waals surface area contributed by atoms with Gasteiger partial charge in [-0.25, -0.2) is 4.39 Å². The molecule has 88 valence electrons. The van der Waals surface area contributed by atoms with E-state index in [0.717, 1.165) is 15.6 Å². The topological polar surface area (TPSA) is 24.9 Å². The number of pyridine rings is 1. The quantitative estimate of drug-likeness (QED) is 0.940. The van der Waals surface area contributed by atoms with Crippen LogP contribution in [0.4, 0.5) is 4.39 Å². The van der Waals surface area contributed by atoms with E-state index in [-0.39, 0.29) is 11.9 Å². The molecular formula is C13H12BrFN2. The summed E-state index contributed by atoms with van der Waals surface area (Å²) in [5.74, 6) is -0.320. The van der Waals surface area contributed by atoms with Crippen molar-refractivity contribution in [2.75, 3.05) is 7.05 Å². The lowest BCUT2D eigenvalue weighted by Crippen LogP contribution is -2.17. The fourth-order valence-corrected chi connectivity index (χ4v) is 2.03. The molecule has 0 fully saturated rings. The first kappa shape index (κ1) is 12.2. The fourth-order valence-electron chi connectivity index (χ4n) is 1.77. The summed E-state index contributed by atoms with van der Waals surface area (Å²) in [5.41, 5.74) is 1.89. The lowest BCUT2D eigenvalue weighted by molar-refractivity contribution is 0.608. The number of aromatic nitrogens is 1. The second-order valence-electron chi connectivity index (χ2n) is 3.71. The molecule has 0 aliphatic rings. The van der Waals surface area contributed by atoms with Gasteiger partial charge in [0.05, 0.1) is 12.2 Å². The van der Waals surface area contributed by atoms with E-state index in [9.17, 15) is 4.39 Å². The van der Waals surface area contributed by atoms with Crippen molar-refractivity contribution in [1.29, 1.82) is 0 Å². The van der Waals surface area contributed by atoms with Crippen LogP contribution in [0.1, 0.15) is 17.2 Å². The normalized spacial score (nSPS) is 12.4. The van der Waals surface area contributed by atoms with Crippen molar-refractivity contribution < 1.29 is 4.39 Å². The van der Waals surface area contributed by atoms with Crippen LogP contribution in [0, 0.1) is 5.82 Å². The smallest absolute Gasteiger partial charge is 0.141 e. The Kier molecular flexibility index (Phi) is 3.86. The van der Waals surface area contributed by atoms with Crippen LogP contribution in [0.15, 0.2) is 47.2 Å². The van der Waals surface area contributed by atoms with Crippen molar-refractivity contribution in [2.45, 2.75) is 6.04 Å². The number of nitrogens with zero attached hydrogens (tertiary/aromatic N) is 1. The molecule has 2 nitrogen and oxygen atoms in total. The van der Waals surface area contributed by atoms with Gasteiger partial charge in [0, 0.05) is 10.7 Å². The van der Waals surface area contributed by atoms with Crippen molar-refractivity contribution in [3.8, 4) is 0 Å². The highest BCUT2D eigenvalue weighted by atomic mass is 79.9. The maximum Gasteiger partial charge on any atom is 0.141 e. The van der Waals surface area contributed by atoms with Gasteiger partial charge in [-0.3, -0.25) is 4.98 Å². The number of halogens is 2. The van der Waals surface area contributed by atoms with Crippen LogP contribution >= 0.6 is 15.9 Å². The summed E-state index contributed by atoms with van der Waals surface area (Å²) >= 11 is 3.39. The Labute approximate surface area is 108 Å². The molecule has 0 aliphatic heterocycles. The molecule has 0 aliphatic carbocycles. The third-order valence-corrected chi connectivity index (χ3v) is 3.08. The summed E-state index contributed by atoms with van der Waals surface area (Å²) in [5, 5.41) is 3.16. The summed E-state index contributed by atoms with van der Waals surface area (Å²) in [7, 11) is 1.84. The number of rotatable bonds is 3. The Bertz CT molecular complexity index is 499. The molecule has 1 aromatic carbocycles. The van der Waals surface area contributed by atoms with Crippen LogP contribution in [0.2, 0.25) is 0 Å². The molecule has 0 amide bonds. The zero-order chi connectivity index (χ0) is 12.3. The molecule has 0 spiro atoms. The van der Waals surface area contributed by atoms with Crippen LogP contribution in [0.25, 0.3) is 0 Å². The van der Waals surface area contributed by atoms with Crippen LogP contribution in [0.3, 0.4) is 0 Å². The van der Waals surface area contributed by atoms with Crippen molar-refractivity contribution in [1.82, 2.24) is 10.3 Å². The summed E-state index contributed by atoms with van der Waals surface area (Å²) in [4.78, 5) is 3.87. The van der Waals surface area contributed by atoms with Gasteiger partial charge in [-0.1, -0.05) is 28.1 Å². The number of benzene rings is 1. The van der Waals surface area contributed by atoms with Crippen molar-refractivity contribution in [3.05, 3.63) is 64.1 Å². The monoisotopic (exact) mass is 294 g/mol. The molecule has 1 unspecified atom stereocenters. The predicted molar refractivity (Wildman–Crippen MR) is 69.2 cm³/mol. The predicted octanol–water partition coefficient (Wildman–Crippen LogP) is 3.29. The Morgan fingerprint density at radius 1 is 1.18 bits per heavy atom. The molecule has 0 saturated carbocycles. The van der Waals surface area contributed by atoms with E-state index in [1.165, 1.54) is 12.3 Å². The average Bonchev–Trinajstić information content (AvgIpc) is 2.33. The largest absolute Gasteiger partial charge is 0.309 e. The summed E-state index contributed by atoms with van der Waals surface area (Å²) < 4.78 is 14.2. The maximum atomic E-state index is 13.1. The van der Waals surface area contributed by atoms with E-state index < -0.39 is 0 Å². The summed E-state index contributed by atoms with van der Waals surface area (Å²) in [6, 6.07) is 9.37. The second kappa shape index (κ2) is 5.38. The van der Waals surface area contributed by atoms with E-state index in [1.807, 2.05) is 31.3 Å². The van der Waals surface area contributed by atoms with Gasteiger partial charge in [0.2, 0.25) is 0 Å². The zero-order valence-electron chi connectivity index (χ0n) is 9.32. The Morgan fingerprint density at radius 3 is 2.47 bits per heavy atom. The standard InChI is InChI=1S/C13H12BrFN2/c1-16-13(9-2-4-11(14)5-3-9)10-6-12(15)8-17-7-10/h2-8,13,16H,1H3. The third kappa shape index (κ3) is 2.90. The molecule has 4 heteroatoms. The van der Waals surface area contributed by atoms with E-state index in [4.69, 9.17) is 0 Å². The Morgan fingerprint density at radius 2 is 1.88 bits per heavy atom. The van der Waals surface area contributed by atoms with Gasteiger partial charge in [0.1, 0.15) is 5.82 Å². The van der Waals surface area contributed by atoms with Crippen LogP contribution in [-0.2, 0) is 0 Å². The molecule has 2 rings (SSSR count). The fraction of sp³-hybridized carbons (Fsp3) is 0.154. The van der Waals surface area contributed by atoms with Gasteiger partial charge in [0.15, 0.2) is 0 Å². The lowest BCUT2D eigenvalue weighted by atomic mass is 10.0. The molecule has 0 saturated heterocycles. The number of nitrogens with one attached hydrogen (secondary N) is 1. The zero-order valence-corrected chi connectivity index (χ0v) is 10.9. The van der Waals surface area contributed by atoms with Gasteiger partial charge < -0.3 is 5.32 Å². The molecule has 0 bridgehead atoms. The van der Waals surface area contributed by atoms with Crippen LogP contribution in [0.5, 0.6) is 0 Å². The number of hydrogen-bond donors (Lipinski definition) is 1. The highest BCUT2D eigenvalue weighted by Gasteiger charge is 2.12. The van der Waals surface area contributed by atoms with Crippen molar-refractivity contribution in [3.63, 3.8) is 0 Å². The third-order valence-electron chi connectivity index (χ3n) is 2.55. The minimum atomic E-state index is -0.320. The first-order valence-electron chi connectivity index (χ1n) is 5.24. The first-order valence-corrected chi connectivity index (χ1v) is 6.03. The molecule has 17 heavy (non-hydrogen) atoms. The molecule has 1 heterocycles. The van der Waals surface area contributed by atoms with Crippen LogP contribution in [-0.4, -0.2) is 12.0 Å². The molecule has 1 N–H and O–H groups in total. The van der Waals surface area contributed by atoms with Gasteiger partial charge in [-0.2, -0.15) is 0 Å². The Balaban J connectivity index is 2.36. The highest BCUT2D eigenvalue weighted by molar-refractivity contribution is 9.10. The first-order chi connectivity index (χ1) is 8.20. The van der Waals surface area contributed by atoms with E-state index in [1.54, 1.807) is 6.20 Å². The van der Waals surface area contributed by atoms with Crippen molar-refractivity contribution in [2.24, 2.45) is 0 Å². The van der Waals surface area contributed by atoms with Gasteiger partial charge >= 0.3 is 0 Å². The number of hydrogen-bond acceptors (Lipinski definition) is 2. The Hall–Kier alpha value is -1.26. The lowest BCUT2D eigenvalue weighted by Gasteiger charge is -2.16. The summed E-state index contributed by atoms with van der Waals surface area (Å²) in [6.45, 7) is 0. The second-order valence-corrected chi connectivity index (χ2v) is 4.63. The minimum absolute atomic E-state index is 0.0497. The van der Waals surface area contributed by atoms with E-state index in [2.05, 4.69) is 26.2 Å². The summed E-state index contributed by atoms with van der Waals surface area (Å²) in [6.07, 6.45) is 2.88. The van der Waals surface area contributed by atoms with E-state index in [0.29, 0.717) is 0 Å². The maximum absolute atomic E-state index is 13.1. The molecular weight excluding hydrogens is 283 g/mol. The molecule has 2 aromatic rings. The minimum Gasteiger partial charge on any atom is -0.309 e. The SMILES string of the molecule is CNC(c1ccc(Br)cc1)c1cncc(F)c1. The molecule has 1 atom stereocenters. The molecule has 1 aromatic heterocycles. The van der Waals surface area contributed by atoms with Crippen molar-refractivity contribution >= 4 is 15.9 Å².